The largest absolute Gasteiger partial charge is 0.481 e. The lowest BCUT2D eigenvalue weighted by molar-refractivity contribution is -0.138. The van der Waals surface area contributed by atoms with Crippen LogP contribution in [0.3, 0.4) is 0 Å². The third-order valence-electron chi connectivity index (χ3n) is 2.64. The van der Waals surface area contributed by atoms with Crippen molar-refractivity contribution in [3.63, 3.8) is 0 Å². The molecule has 0 aromatic heterocycles. The molecule has 1 amide bonds. The smallest absolute Gasteiger partial charge is 0.304 e. The zero-order chi connectivity index (χ0) is 14.1. The first-order valence-electron chi connectivity index (χ1n) is 6.27. The number of hydrogen-bond donors (Lipinski definition) is 1. The van der Waals surface area contributed by atoms with Gasteiger partial charge in [0.15, 0.2) is 0 Å². The second-order valence-corrected chi connectivity index (χ2v) is 4.38. The van der Waals surface area contributed by atoms with Crippen molar-refractivity contribution in [2.45, 2.75) is 27.2 Å². The molecule has 0 fully saturated rings. The van der Waals surface area contributed by atoms with Gasteiger partial charge in [0.1, 0.15) is 0 Å². The summed E-state index contributed by atoms with van der Waals surface area (Å²) in [5.74, 6) is -0.817. The Kier molecular flexibility index (Phi) is 8.03. The molecule has 18 heavy (non-hydrogen) atoms. The normalized spacial score (nSPS) is 10.4. The lowest BCUT2D eigenvalue weighted by Gasteiger charge is -2.25. The number of carbonyl (C=O) groups excluding carboxylic acids is 1. The van der Waals surface area contributed by atoms with E-state index in [1.165, 1.54) is 0 Å². The average Bonchev–Trinajstić information content (AvgIpc) is 2.30. The van der Waals surface area contributed by atoms with Crippen LogP contribution < -0.4 is 0 Å². The summed E-state index contributed by atoms with van der Waals surface area (Å²) in [6.07, 6.45) is 0.0632. The highest BCUT2D eigenvalue weighted by molar-refractivity contribution is 5.78. The highest BCUT2D eigenvalue weighted by atomic mass is 16.4. The predicted molar refractivity (Wildman–Crippen MR) is 71.4 cm³/mol. The number of hydrogen-bond acceptors (Lipinski definition) is 3. The first-order chi connectivity index (χ1) is 8.40. The molecule has 0 saturated carbocycles. The van der Waals surface area contributed by atoms with E-state index >= 15 is 0 Å². The second kappa shape index (κ2) is 8.69. The van der Waals surface area contributed by atoms with Crippen molar-refractivity contribution >= 4 is 11.9 Å². The molecule has 0 bridgehead atoms. The molecule has 0 atom stereocenters. The van der Waals surface area contributed by atoms with Crippen LogP contribution in [0, 0.1) is 0 Å². The van der Waals surface area contributed by atoms with Gasteiger partial charge in [-0.3, -0.25) is 14.5 Å². The Labute approximate surface area is 109 Å². The maximum Gasteiger partial charge on any atom is 0.304 e. The summed E-state index contributed by atoms with van der Waals surface area (Å²) in [5, 5.41) is 8.63. The van der Waals surface area contributed by atoms with Crippen LogP contribution in [0.25, 0.3) is 0 Å². The zero-order valence-corrected chi connectivity index (χ0v) is 11.6. The fraction of sp³-hybridized carbons (Fsp3) is 0.692. The van der Waals surface area contributed by atoms with Crippen molar-refractivity contribution in [1.82, 2.24) is 9.80 Å². The average molecular weight is 256 g/mol. The molecule has 0 aromatic rings. The van der Waals surface area contributed by atoms with E-state index < -0.39 is 5.97 Å². The minimum Gasteiger partial charge on any atom is -0.481 e. The molecule has 0 radical (unpaired) electrons. The summed E-state index contributed by atoms with van der Waals surface area (Å²) < 4.78 is 0. The highest BCUT2D eigenvalue weighted by Gasteiger charge is 2.15. The zero-order valence-electron chi connectivity index (χ0n) is 11.6. The first kappa shape index (κ1) is 16.6. The van der Waals surface area contributed by atoms with Gasteiger partial charge in [0.2, 0.25) is 5.91 Å². The summed E-state index contributed by atoms with van der Waals surface area (Å²) in [4.78, 5) is 26.1. The Morgan fingerprint density at radius 1 is 1.17 bits per heavy atom. The molecule has 0 aliphatic carbocycles. The molecule has 0 aromatic carbocycles. The number of carboxylic acid groups (broad SMARTS) is 1. The van der Waals surface area contributed by atoms with E-state index in [2.05, 4.69) is 6.58 Å². The Balaban J connectivity index is 4.30. The van der Waals surface area contributed by atoms with Crippen molar-refractivity contribution in [2.75, 3.05) is 32.7 Å². The van der Waals surface area contributed by atoms with Gasteiger partial charge in [-0.05, 0) is 20.4 Å². The van der Waals surface area contributed by atoms with Crippen LogP contribution in [-0.4, -0.2) is 59.5 Å². The van der Waals surface area contributed by atoms with Crippen molar-refractivity contribution in [1.29, 1.82) is 0 Å². The van der Waals surface area contributed by atoms with Crippen molar-refractivity contribution in [3.8, 4) is 0 Å². The summed E-state index contributed by atoms with van der Waals surface area (Å²) in [6.45, 7) is 12.1. The molecule has 1 N–H and O–H groups in total. The molecule has 5 nitrogen and oxygen atoms in total. The van der Waals surface area contributed by atoms with Gasteiger partial charge in [-0.2, -0.15) is 0 Å². The summed E-state index contributed by atoms with van der Waals surface area (Å²) >= 11 is 0. The van der Waals surface area contributed by atoms with E-state index in [0.717, 1.165) is 5.57 Å². The summed E-state index contributed by atoms with van der Waals surface area (Å²) in [5.41, 5.74) is 0.943. The molecule has 5 heteroatoms. The van der Waals surface area contributed by atoms with Crippen LogP contribution in [-0.2, 0) is 9.59 Å². The van der Waals surface area contributed by atoms with Crippen molar-refractivity contribution in [2.24, 2.45) is 0 Å². The van der Waals surface area contributed by atoms with Gasteiger partial charge in [0.05, 0.1) is 13.0 Å². The number of amides is 1. The quantitative estimate of drug-likeness (QED) is 0.630. The number of carboxylic acids is 1. The Hall–Kier alpha value is -1.36. The third-order valence-corrected chi connectivity index (χ3v) is 2.64. The van der Waals surface area contributed by atoms with Crippen LogP contribution in [0.2, 0.25) is 0 Å². The number of likely N-dealkylation sites (N-methyl/N-ethyl adjacent to an activating group) is 2. The monoisotopic (exact) mass is 256 g/mol. The molecule has 104 valence electrons. The minimum absolute atomic E-state index is 0.0211. The molecule has 0 saturated heterocycles. The van der Waals surface area contributed by atoms with E-state index in [4.69, 9.17) is 5.11 Å². The molecular formula is C13H24N2O3. The van der Waals surface area contributed by atoms with Gasteiger partial charge < -0.3 is 10.0 Å². The molecule has 0 spiro atoms. The fourth-order valence-corrected chi connectivity index (χ4v) is 1.60. The standard InChI is InChI=1S/C13H24N2O3/c1-5-14(8-7-13(17)18)10-12(16)15(6-2)9-11(3)4/h3,5-10H2,1-2,4H3,(H,17,18). The maximum absolute atomic E-state index is 12.0. The lowest BCUT2D eigenvalue weighted by Crippen LogP contribution is -2.41. The highest BCUT2D eigenvalue weighted by Crippen LogP contribution is 2.00. The summed E-state index contributed by atoms with van der Waals surface area (Å²) in [7, 11) is 0. The minimum atomic E-state index is -0.838. The van der Waals surface area contributed by atoms with Crippen molar-refractivity contribution in [3.05, 3.63) is 12.2 Å². The molecule has 0 rings (SSSR count). The van der Waals surface area contributed by atoms with Gasteiger partial charge in [-0.25, -0.2) is 0 Å². The van der Waals surface area contributed by atoms with Crippen LogP contribution in [0.4, 0.5) is 0 Å². The van der Waals surface area contributed by atoms with Crippen LogP contribution in [0.1, 0.15) is 27.2 Å². The van der Waals surface area contributed by atoms with Gasteiger partial charge >= 0.3 is 5.97 Å². The van der Waals surface area contributed by atoms with Crippen LogP contribution in [0.5, 0.6) is 0 Å². The first-order valence-corrected chi connectivity index (χ1v) is 6.27. The second-order valence-electron chi connectivity index (χ2n) is 4.38. The topological polar surface area (TPSA) is 60.9 Å². The Bertz CT molecular complexity index is 303. The Morgan fingerprint density at radius 3 is 2.17 bits per heavy atom. The number of rotatable bonds is 9. The lowest BCUT2D eigenvalue weighted by atomic mass is 10.3. The van der Waals surface area contributed by atoms with E-state index in [9.17, 15) is 9.59 Å². The molecular weight excluding hydrogens is 232 g/mol. The van der Waals surface area contributed by atoms with Gasteiger partial charge in [0.25, 0.3) is 0 Å². The molecule has 0 aliphatic rings. The SMILES string of the molecule is C=C(C)CN(CC)C(=O)CN(CC)CCC(=O)O. The maximum atomic E-state index is 12.0. The third kappa shape index (κ3) is 7.06. The predicted octanol–water partition coefficient (Wildman–Crippen LogP) is 1.21. The fourth-order valence-electron chi connectivity index (χ4n) is 1.60. The van der Waals surface area contributed by atoms with Crippen LogP contribution in [0.15, 0.2) is 12.2 Å². The molecule has 0 heterocycles. The Morgan fingerprint density at radius 2 is 1.78 bits per heavy atom. The van der Waals surface area contributed by atoms with E-state index in [1.807, 2.05) is 25.7 Å². The van der Waals surface area contributed by atoms with E-state index in [-0.39, 0.29) is 18.9 Å². The van der Waals surface area contributed by atoms with E-state index in [0.29, 0.717) is 26.2 Å². The van der Waals surface area contributed by atoms with Crippen LogP contribution >= 0.6 is 0 Å². The van der Waals surface area contributed by atoms with Gasteiger partial charge in [0, 0.05) is 19.6 Å². The van der Waals surface area contributed by atoms with E-state index in [1.54, 1.807) is 4.90 Å². The number of nitrogens with zero attached hydrogens (tertiary/aromatic N) is 2. The number of aliphatic carboxylic acids is 1. The van der Waals surface area contributed by atoms with Crippen molar-refractivity contribution < 1.29 is 14.7 Å². The summed E-state index contributed by atoms with van der Waals surface area (Å²) in [6, 6.07) is 0. The molecule has 0 aliphatic heterocycles. The van der Waals surface area contributed by atoms with Gasteiger partial charge in [-0.1, -0.05) is 19.1 Å². The molecule has 0 unspecified atom stereocenters. The van der Waals surface area contributed by atoms with Gasteiger partial charge in [-0.15, -0.1) is 0 Å². The number of carbonyl (C=O) groups is 2.